The minimum atomic E-state index is -2.94. The molecular weight excluding hydrogens is 272 g/mol. The number of hydrogen-bond acceptors (Lipinski definition) is 4. The van der Waals surface area contributed by atoms with Crippen LogP contribution in [0, 0.1) is 11.3 Å². The van der Waals surface area contributed by atoms with Crippen molar-refractivity contribution in [2.24, 2.45) is 11.3 Å². The number of aliphatic carboxylic acids is 1. The van der Waals surface area contributed by atoms with E-state index in [0.29, 0.717) is 13.0 Å². The Hall–Kier alpha value is -1.31. The van der Waals surface area contributed by atoms with E-state index in [0.717, 1.165) is 0 Å². The maximum absolute atomic E-state index is 11.5. The quantitative estimate of drug-likeness (QED) is 0.651. The van der Waals surface area contributed by atoms with Crippen LogP contribution in [-0.2, 0) is 14.6 Å². The maximum atomic E-state index is 11.5. The third-order valence-electron chi connectivity index (χ3n) is 3.15. The summed E-state index contributed by atoms with van der Waals surface area (Å²) < 4.78 is 22.4. The fourth-order valence-corrected chi connectivity index (χ4v) is 3.57. The highest BCUT2D eigenvalue weighted by atomic mass is 32.2. The van der Waals surface area contributed by atoms with Gasteiger partial charge in [-0.1, -0.05) is 0 Å². The van der Waals surface area contributed by atoms with Crippen molar-refractivity contribution in [1.29, 1.82) is 0 Å². The highest BCUT2D eigenvalue weighted by Gasteiger charge is 2.29. The molecule has 1 fully saturated rings. The minimum absolute atomic E-state index is 0.0110. The Labute approximate surface area is 112 Å². The number of hydrogen-bond donors (Lipinski definition) is 3. The van der Waals surface area contributed by atoms with E-state index in [2.05, 4.69) is 10.6 Å². The first-order chi connectivity index (χ1) is 8.62. The number of carbonyl (C=O) groups is 2. The molecule has 1 atom stereocenters. The average Bonchev–Trinajstić information content (AvgIpc) is 2.63. The van der Waals surface area contributed by atoms with Crippen molar-refractivity contribution >= 4 is 21.8 Å². The molecular formula is C11H20N2O5S. The SMILES string of the molecule is CC(C)(CNC(=O)NCC1CCS(=O)(=O)C1)C(=O)O. The monoisotopic (exact) mass is 292 g/mol. The van der Waals surface area contributed by atoms with Gasteiger partial charge in [0.25, 0.3) is 0 Å². The number of amides is 2. The van der Waals surface area contributed by atoms with Gasteiger partial charge < -0.3 is 15.7 Å². The molecule has 2 amide bonds. The smallest absolute Gasteiger partial charge is 0.314 e. The maximum Gasteiger partial charge on any atom is 0.314 e. The van der Waals surface area contributed by atoms with Crippen LogP contribution < -0.4 is 10.6 Å². The molecule has 0 spiro atoms. The van der Waals surface area contributed by atoms with Crippen molar-refractivity contribution < 1.29 is 23.1 Å². The summed E-state index contributed by atoms with van der Waals surface area (Å²) in [6.07, 6.45) is 0.559. The predicted molar refractivity (Wildman–Crippen MR) is 69.6 cm³/mol. The molecule has 0 bridgehead atoms. The number of carbonyl (C=O) groups excluding carboxylic acids is 1. The molecule has 7 nitrogen and oxygen atoms in total. The summed E-state index contributed by atoms with van der Waals surface area (Å²) in [5, 5.41) is 13.9. The lowest BCUT2D eigenvalue weighted by Gasteiger charge is -2.20. The molecule has 0 aromatic carbocycles. The van der Waals surface area contributed by atoms with Gasteiger partial charge in [-0.15, -0.1) is 0 Å². The van der Waals surface area contributed by atoms with Crippen molar-refractivity contribution in [2.75, 3.05) is 24.6 Å². The van der Waals surface area contributed by atoms with E-state index in [1.165, 1.54) is 13.8 Å². The largest absolute Gasteiger partial charge is 0.481 e. The first-order valence-electron chi connectivity index (χ1n) is 6.08. The zero-order valence-corrected chi connectivity index (χ0v) is 11.9. The standard InChI is InChI=1S/C11H20N2O5S/c1-11(2,9(14)15)7-13-10(16)12-5-8-3-4-19(17,18)6-8/h8H,3-7H2,1-2H3,(H,14,15)(H2,12,13,16). The molecule has 0 aromatic heterocycles. The normalized spacial score (nSPS) is 21.9. The molecule has 0 radical (unpaired) electrons. The molecule has 3 N–H and O–H groups in total. The third kappa shape index (κ3) is 5.06. The van der Waals surface area contributed by atoms with Crippen LogP contribution in [0.3, 0.4) is 0 Å². The van der Waals surface area contributed by atoms with Crippen LogP contribution in [0.15, 0.2) is 0 Å². The van der Waals surface area contributed by atoms with E-state index >= 15 is 0 Å². The topological polar surface area (TPSA) is 113 Å². The summed E-state index contributed by atoms with van der Waals surface area (Å²) in [7, 11) is -2.94. The molecule has 0 saturated carbocycles. The van der Waals surface area contributed by atoms with Crippen molar-refractivity contribution in [3.63, 3.8) is 0 Å². The van der Waals surface area contributed by atoms with Gasteiger partial charge in [0, 0.05) is 13.1 Å². The summed E-state index contributed by atoms with van der Waals surface area (Å²) in [5.74, 6) is -0.765. The molecule has 1 rings (SSSR count). The molecule has 1 unspecified atom stereocenters. The van der Waals surface area contributed by atoms with Gasteiger partial charge in [0.05, 0.1) is 16.9 Å². The second-order valence-corrected chi connectivity index (χ2v) is 7.75. The fraction of sp³-hybridized carbons (Fsp3) is 0.818. The van der Waals surface area contributed by atoms with Gasteiger partial charge in [-0.3, -0.25) is 4.79 Å². The van der Waals surface area contributed by atoms with Crippen LogP contribution in [0.5, 0.6) is 0 Å². The zero-order valence-electron chi connectivity index (χ0n) is 11.1. The van der Waals surface area contributed by atoms with Crippen LogP contribution in [-0.4, -0.2) is 50.1 Å². The summed E-state index contributed by atoms with van der Waals surface area (Å²) in [5.41, 5.74) is -1.03. The van der Waals surface area contributed by atoms with E-state index < -0.39 is 27.3 Å². The molecule has 0 aromatic rings. The molecule has 1 saturated heterocycles. The zero-order chi connectivity index (χ0) is 14.7. The second-order valence-electron chi connectivity index (χ2n) is 5.52. The van der Waals surface area contributed by atoms with Crippen LogP contribution in [0.25, 0.3) is 0 Å². The lowest BCUT2D eigenvalue weighted by Crippen LogP contribution is -2.44. The van der Waals surface area contributed by atoms with Gasteiger partial charge in [0.2, 0.25) is 0 Å². The number of sulfone groups is 1. The Balaban J connectivity index is 2.28. The molecule has 1 aliphatic heterocycles. The number of carboxylic acid groups (broad SMARTS) is 1. The summed E-state index contributed by atoms with van der Waals surface area (Å²) in [6.45, 7) is 3.33. The number of nitrogens with one attached hydrogen (secondary N) is 2. The Morgan fingerprint density at radius 3 is 2.42 bits per heavy atom. The van der Waals surface area contributed by atoms with Crippen molar-refractivity contribution in [3.8, 4) is 0 Å². The molecule has 1 aliphatic rings. The summed E-state index contributed by atoms with van der Waals surface area (Å²) in [4.78, 5) is 22.3. The van der Waals surface area contributed by atoms with Crippen LogP contribution in [0.1, 0.15) is 20.3 Å². The number of carboxylic acids is 1. The molecule has 1 heterocycles. The fourth-order valence-electron chi connectivity index (χ4n) is 1.71. The Bertz CT molecular complexity index is 458. The van der Waals surface area contributed by atoms with Crippen molar-refractivity contribution in [1.82, 2.24) is 10.6 Å². The van der Waals surface area contributed by atoms with Crippen molar-refractivity contribution in [2.45, 2.75) is 20.3 Å². The van der Waals surface area contributed by atoms with E-state index in [9.17, 15) is 18.0 Å². The van der Waals surface area contributed by atoms with E-state index in [1.54, 1.807) is 0 Å². The molecule has 0 aliphatic carbocycles. The van der Waals surface area contributed by atoms with Gasteiger partial charge in [-0.25, -0.2) is 13.2 Å². The van der Waals surface area contributed by atoms with Crippen molar-refractivity contribution in [3.05, 3.63) is 0 Å². The molecule has 19 heavy (non-hydrogen) atoms. The third-order valence-corrected chi connectivity index (χ3v) is 4.98. The first-order valence-corrected chi connectivity index (χ1v) is 7.90. The minimum Gasteiger partial charge on any atom is -0.481 e. The lowest BCUT2D eigenvalue weighted by atomic mass is 9.94. The lowest BCUT2D eigenvalue weighted by molar-refractivity contribution is -0.146. The van der Waals surface area contributed by atoms with Gasteiger partial charge in [-0.05, 0) is 26.2 Å². The van der Waals surface area contributed by atoms with E-state index in [4.69, 9.17) is 5.11 Å². The number of urea groups is 1. The summed E-state index contributed by atoms with van der Waals surface area (Å²) >= 11 is 0. The summed E-state index contributed by atoms with van der Waals surface area (Å²) in [6, 6.07) is -0.473. The highest BCUT2D eigenvalue weighted by molar-refractivity contribution is 7.91. The number of rotatable bonds is 5. The van der Waals surface area contributed by atoms with Crippen LogP contribution in [0.4, 0.5) is 4.79 Å². The first kappa shape index (κ1) is 15.7. The Morgan fingerprint density at radius 2 is 1.95 bits per heavy atom. The van der Waals surface area contributed by atoms with E-state index in [1.807, 2.05) is 0 Å². The van der Waals surface area contributed by atoms with Crippen LogP contribution in [0.2, 0.25) is 0 Å². The van der Waals surface area contributed by atoms with Gasteiger partial charge in [-0.2, -0.15) is 0 Å². The predicted octanol–water partition coefficient (Wildman–Crippen LogP) is -0.169. The van der Waals surface area contributed by atoms with Gasteiger partial charge >= 0.3 is 12.0 Å². The van der Waals surface area contributed by atoms with Gasteiger partial charge in [0.1, 0.15) is 0 Å². The Morgan fingerprint density at radius 1 is 1.32 bits per heavy atom. The molecule has 8 heteroatoms. The average molecular weight is 292 g/mol. The van der Waals surface area contributed by atoms with E-state index in [-0.39, 0.29) is 24.0 Å². The van der Waals surface area contributed by atoms with Crippen LogP contribution >= 0.6 is 0 Å². The molecule has 110 valence electrons. The Kier molecular flexibility index (Phi) is 4.78. The van der Waals surface area contributed by atoms with Gasteiger partial charge in [0.15, 0.2) is 9.84 Å². The second kappa shape index (κ2) is 5.77. The highest BCUT2D eigenvalue weighted by Crippen LogP contribution is 2.17.